The molecular weight excluding hydrogens is 216 g/mol. The second kappa shape index (κ2) is 5.07. The summed E-state index contributed by atoms with van der Waals surface area (Å²) in [5.74, 6) is -0.0860. The first-order valence-electron chi connectivity index (χ1n) is 6.37. The standard InChI is InChI=1S/C13H24N2O2/c1-6-11(14-10(3)16)12(17)15-8-7-13(4,5)9(15)2/h9,11H,6-8H2,1-5H3,(H,14,16). The molecule has 0 aromatic heterocycles. The van der Waals surface area contributed by atoms with Crippen molar-refractivity contribution in [3.63, 3.8) is 0 Å². The number of amides is 2. The minimum Gasteiger partial charge on any atom is -0.345 e. The zero-order chi connectivity index (χ0) is 13.2. The summed E-state index contributed by atoms with van der Waals surface area (Å²) in [7, 11) is 0. The van der Waals surface area contributed by atoms with E-state index in [2.05, 4.69) is 26.1 Å². The van der Waals surface area contributed by atoms with Gasteiger partial charge in [0.15, 0.2) is 0 Å². The van der Waals surface area contributed by atoms with E-state index < -0.39 is 0 Å². The molecular formula is C13H24N2O2. The predicted molar refractivity (Wildman–Crippen MR) is 67.5 cm³/mol. The fraction of sp³-hybridized carbons (Fsp3) is 0.846. The summed E-state index contributed by atoms with van der Waals surface area (Å²) < 4.78 is 0. The molecule has 4 heteroatoms. The zero-order valence-corrected chi connectivity index (χ0v) is 11.5. The Hall–Kier alpha value is -1.06. The van der Waals surface area contributed by atoms with Gasteiger partial charge in [-0.25, -0.2) is 0 Å². The number of rotatable bonds is 3. The lowest BCUT2D eigenvalue weighted by molar-refractivity contribution is -0.137. The Morgan fingerprint density at radius 1 is 1.47 bits per heavy atom. The van der Waals surface area contributed by atoms with Gasteiger partial charge in [-0.2, -0.15) is 0 Å². The van der Waals surface area contributed by atoms with Crippen LogP contribution in [-0.4, -0.2) is 35.3 Å². The molecule has 0 spiro atoms. The third-order valence-electron chi connectivity index (χ3n) is 3.96. The smallest absolute Gasteiger partial charge is 0.245 e. The molecule has 0 aliphatic carbocycles. The average molecular weight is 240 g/mol. The molecule has 0 aromatic carbocycles. The lowest BCUT2D eigenvalue weighted by atomic mass is 9.86. The van der Waals surface area contributed by atoms with Gasteiger partial charge < -0.3 is 10.2 Å². The van der Waals surface area contributed by atoms with Crippen LogP contribution in [0.25, 0.3) is 0 Å². The van der Waals surface area contributed by atoms with Crippen LogP contribution in [0.2, 0.25) is 0 Å². The van der Waals surface area contributed by atoms with Crippen LogP contribution in [0.3, 0.4) is 0 Å². The summed E-state index contributed by atoms with van der Waals surface area (Å²) >= 11 is 0. The van der Waals surface area contributed by atoms with E-state index in [1.807, 2.05) is 11.8 Å². The molecule has 0 radical (unpaired) electrons. The van der Waals surface area contributed by atoms with Gasteiger partial charge in [0.2, 0.25) is 11.8 Å². The van der Waals surface area contributed by atoms with Gasteiger partial charge in [0.1, 0.15) is 6.04 Å². The number of carbonyl (C=O) groups is 2. The van der Waals surface area contributed by atoms with Gasteiger partial charge in [-0.1, -0.05) is 20.8 Å². The Balaban J connectivity index is 2.73. The van der Waals surface area contributed by atoms with Crippen molar-refractivity contribution >= 4 is 11.8 Å². The van der Waals surface area contributed by atoms with E-state index in [-0.39, 0.29) is 29.3 Å². The maximum Gasteiger partial charge on any atom is 0.245 e. The second-order valence-electron chi connectivity index (χ2n) is 5.61. The molecule has 1 fully saturated rings. The van der Waals surface area contributed by atoms with Crippen molar-refractivity contribution < 1.29 is 9.59 Å². The monoisotopic (exact) mass is 240 g/mol. The van der Waals surface area contributed by atoms with Crippen LogP contribution in [0.15, 0.2) is 0 Å². The van der Waals surface area contributed by atoms with E-state index in [1.54, 1.807) is 0 Å². The van der Waals surface area contributed by atoms with Gasteiger partial charge in [-0.15, -0.1) is 0 Å². The maximum absolute atomic E-state index is 12.3. The van der Waals surface area contributed by atoms with Crippen molar-refractivity contribution in [3.05, 3.63) is 0 Å². The van der Waals surface area contributed by atoms with Crippen LogP contribution >= 0.6 is 0 Å². The Labute approximate surface area is 104 Å². The van der Waals surface area contributed by atoms with Crippen LogP contribution < -0.4 is 5.32 Å². The topological polar surface area (TPSA) is 49.4 Å². The highest BCUT2D eigenvalue weighted by molar-refractivity contribution is 5.87. The van der Waals surface area contributed by atoms with Gasteiger partial charge in [-0.3, -0.25) is 9.59 Å². The molecule has 0 aromatic rings. The van der Waals surface area contributed by atoms with Crippen molar-refractivity contribution in [2.45, 2.75) is 59.5 Å². The van der Waals surface area contributed by atoms with E-state index in [1.165, 1.54) is 6.92 Å². The molecule has 0 saturated carbocycles. The van der Waals surface area contributed by atoms with Crippen molar-refractivity contribution in [2.75, 3.05) is 6.54 Å². The lowest BCUT2D eigenvalue weighted by Gasteiger charge is -2.31. The Bertz CT molecular complexity index is 313. The zero-order valence-electron chi connectivity index (χ0n) is 11.5. The molecule has 98 valence electrons. The van der Waals surface area contributed by atoms with Crippen molar-refractivity contribution in [3.8, 4) is 0 Å². The van der Waals surface area contributed by atoms with E-state index in [4.69, 9.17) is 0 Å². The molecule has 1 aliphatic rings. The third kappa shape index (κ3) is 2.99. The third-order valence-corrected chi connectivity index (χ3v) is 3.96. The summed E-state index contributed by atoms with van der Waals surface area (Å²) in [6, 6.07) is -0.137. The molecule has 1 aliphatic heterocycles. The molecule has 2 atom stereocenters. The van der Waals surface area contributed by atoms with Crippen LogP contribution in [0.5, 0.6) is 0 Å². The Kier molecular flexibility index (Phi) is 4.17. The number of nitrogens with zero attached hydrogens (tertiary/aromatic N) is 1. The van der Waals surface area contributed by atoms with Crippen LogP contribution in [-0.2, 0) is 9.59 Å². The number of hydrogen-bond donors (Lipinski definition) is 1. The minimum absolute atomic E-state index is 0.0563. The summed E-state index contributed by atoms with van der Waals surface area (Å²) in [6.45, 7) is 10.6. The maximum atomic E-state index is 12.3. The summed E-state index contributed by atoms with van der Waals surface area (Å²) in [5, 5.41) is 2.72. The van der Waals surface area contributed by atoms with Gasteiger partial charge in [-0.05, 0) is 25.2 Å². The average Bonchev–Trinajstić information content (AvgIpc) is 2.50. The van der Waals surface area contributed by atoms with E-state index in [0.29, 0.717) is 6.42 Å². The van der Waals surface area contributed by atoms with Crippen LogP contribution in [0, 0.1) is 5.41 Å². The molecule has 1 saturated heterocycles. The summed E-state index contributed by atoms with van der Waals surface area (Å²) in [6.07, 6.45) is 1.67. The van der Waals surface area contributed by atoms with E-state index >= 15 is 0 Å². The normalized spacial score (nSPS) is 24.5. The lowest BCUT2D eigenvalue weighted by Crippen LogP contribution is -2.50. The van der Waals surface area contributed by atoms with Gasteiger partial charge in [0.05, 0.1) is 0 Å². The predicted octanol–water partition coefficient (Wildman–Crippen LogP) is 1.55. The summed E-state index contributed by atoms with van der Waals surface area (Å²) in [5.41, 5.74) is 0.171. The largest absolute Gasteiger partial charge is 0.345 e. The first-order chi connectivity index (χ1) is 7.79. The fourth-order valence-electron chi connectivity index (χ4n) is 2.32. The molecule has 0 bridgehead atoms. The SMILES string of the molecule is CCC(NC(C)=O)C(=O)N1CCC(C)(C)C1C. The highest BCUT2D eigenvalue weighted by Gasteiger charge is 2.41. The molecule has 1 rings (SSSR count). The van der Waals surface area contributed by atoms with Crippen LogP contribution in [0.1, 0.15) is 47.5 Å². The highest BCUT2D eigenvalue weighted by atomic mass is 16.2. The molecule has 1 heterocycles. The van der Waals surface area contributed by atoms with Crippen molar-refractivity contribution in [1.29, 1.82) is 0 Å². The number of hydrogen-bond acceptors (Lipinski definition) is 2. The molecule has 2 unspecified atom stereocenters. The second-order valence-corrected chi connectivity index (χ2v) is 5.61. The van der Waals surface area contributed by atoms with E-state index in [0.717, 1.165) is 13.0 Å². The van der Waals surface area contributed by atoms with Gasteiger partial charge >= 0.3 is 0 Å². The molecule has 17 heavy (non-hydrogen) atoms. The number of likely N-dealkylation sites (tertiary alicyclic amines) is 1. The first kappa shape index (κ1) is 14.0. The van der Waals surface area contributed by atoms with Crippen molar-refractivity contribution in [2.24, 2.45) is 5.41 Å². The highest BCUT2D eigenvalue weighted by Crippen LogP contribution is 2.36. The molecule has 1 N–H and O–H groups in total. The fourth-order valence-corrected chi connectivity index (χ4v) is 2.32. The first-order valence-corrected chi connectivity index (χ1v) is 6.37. The Morgan fingerprint density at radius 2 is 2.06 bits per heavy atom. The van der Waals surface area contributed by atoms with Gasteiger partial charge in [0.25, 0.3) is 0 Å². The molecule has 2 amide bonds. The summed E-state index contributed by atoms with van der Waals surface area (Å²) in [4.78, 5) is 25.3. The molecule has 4 nitrogen and oxygen atoms in total. The number of carbonyl (C=O) groups excluding carboxylic acids is 2. The van der Waals surface area contributed by atoms with Crippen molar-refractivity contribution in [1.82, 2.24) is 10.2 Å². The Morgan fingerprint density at radius 3 is 2.41 bits per heavy atom. The van der Waals surface area contributed by atoms with Crippen LogP contribution in [0.4, 0.5) is 0 Å². The van der Waals surface area contributed by atoms with E-state index in [9.17, 15) is 9.59 Å². The quantitative estimate of drug-likeness (QED) is 0.813. The number of nitrogens with one attached hydrogen (secondary N) is 1. The minimum atomic E-state index is -0.371. The van der Waals surface area contributed by atoms with Gasteiger partial charge in [0, 0.05) is 19.5 Å².